The van der Waals surface area contributed by atoms with Crippen LogP contribution in [0.5, 0.6) is 17.2 Å². The largest absolute Gasteiger partial charge is 0.493 e. The third-order valence-electron chi connectivity index (χ3n) is 2.79. The fraction of sp³-hybridized carbons (Fsp3) is 0.0667. The average Bonchev–Trinajstić information content (AvgIpc) is 2.47. The maximum absolute atomic E-state index is 11.1. The van der Waals surface area contributed by atoms with Gasteiger partial charge in [-0.1, -0.05) is 12.1 Å². The van der Waals surface area contributed by atoms with Gasteiger partial charge < -0.3 is 20.3 Å². The van der Waals surface area contributed by atoms with E-state index in [1.165, 1.54) is 37.4 Å². The van der Waals surface area contributed by atoms with Crippen molar-refractivity contribution in [1.29, 1.82) is 0 Å². The fourth-order valence-corrected chi connectivity index (χ4v) is 1.76. The Hall–Kier alpha value is -3.02. The second-order valence-corrected chi connectivity index (χ2v) is 4.13. The molecular formula is C15H13NO5. The lowest BCUT2D eigenvalue weighted by atomic mass is 10.2. The Labute approximate surface area is 120 Å². The molecule has 0 aliphatic heterocycles. The SMILES string of the molecule is COc1cc(C(N)=O)ccc1Oc1ccccc1C(=O)O. The Bertz CT molecular complexity index is 696. The highest BCUT2D eigenvalue weighted by Gasteiger charge is 2.14. The molecule has 1 amide bonds. The summed E-state index contributed by atoms with van der Waals surface area (Å²) in [5.74, 6) is -0.943. The number of para-hydroxylation sites is 1. The van der Waals surface area contributed by atoms with Gasteiger partial charge in [0.15, 0.2) is 11.5 Å². The molecule has 0 atom stereocenters. The molecular weight excluding hydrogens is 274 g/mol. The second kappa shape index (κ2) is 5.96. The van der Waals surface area contributed by atoms with Crippen LogP contribution in [-0.4, -0.2) is 24.1 Å². The van der Waals surface area contributed by atoms with E-state index in [1.54, 1.807) is 12.1 Å². The average molecular weight is 287 g/mol. The zero-order valence-corrected chi connectivity index (χ0v) is 11.2. The van der Waals surface area contributed by atoms with Gasteiger partial charge in [-0.05, 0) is 30.3 Å². The predicted molar refractivity (Wildman–Crippen MR) is 75.0 cm³/mol. The van der Waals surface area contributed by atoms with Gasteiger partial charge in [-0.15, -0.1) is 0 Å². The number of ether oxygens (including phenoxy) is 2. The van der Waals surface area contributed by atoms with Crippen LogP contribution in [0.1, 0.15) is 20.7 Å². The maximum atomic E-state index is 11.1. The van der Waals surface area contributed by atoms with E-state index in [0.717, 1.165) is 0 Å². The zero-order valence-electron chi connectivity index (χ0n) is 11.2. The molecule has 108 valence electrons. The summed E-state index contributed by atoms with van der Waals surface area (Å²) in [7, 11) is 1.41. The number of rotatable bonds is 5. The summed E-state index contributed by atoms with van der Waals surface area (Å²) in [4.78, 5) is 22.3. The minimum atomic E-state index is -1.10. The van der Waals surface area contributed by atoms with Crippen LogP contribution >= 0.6 is 0 Å². The quantitative estimate of drug-likeness (QED) is 0.879. The Balaban J connectivity index is 2.40. The minimum absolute atomic E-state index is 0.0264. The van der Waals surface area contributed by atoms with Gasteiger partial charge in [0.05, 0.1) is 7.11 Å². The molecule has 0 aromatic heterocycles. The Morgan fingerprint density at radius 3 is 2.38 bits per heavy atom. The molecule has 21 heavy (non-hydrogen) atoms. The second-order valence-electron chi connectivity index (χ2n) is 4.13. The third-order valence-corrected chi connectivity index (χ3v) is 2.79. The Morgan fingerprint density at radius 2 is 1.76 bits per heavy atom. The molecule has 6 heteroatoms. The predicted octanol–water partition coefficient (Wildman–Crippen LogP) is 2.28. The molecule has 0 radical (unpaired) electrons. The number of benzene rings is 2. The normalized spacial score (nSPS) is 9.95. The van der Waals surface area contributed by atoms with Crippen molar-refractivity contribution >= 4 is 11.9 Å². The summed E-state index contributed by atoms with van der Waals surface area (Å²) in [6, 6.07) is 10.6. The smallest absolute Gasteiger partial charge is 0.339 e. The van der Waals surface area contributed by atoms with E-state index in [4.69, 9.17) is 20.3 Å². The van der Waals surface area contributed by atoms with Crippen molar-refractivity contribution in [2.24, 2.45) is 5.73 Å². The van der Waals surface area contributed by atoms with Crippen LogP contribution in [0, 0.1) is 0 Å². The Morgan fingerprint density at radius 1 is 1.05 bits per heavy atom. The first kappa shape index (κ1) is 14.4. The van der Waals surface area contributed by atoms with Gasteiger partial charge in [0.1, 0.15) is 11.3 Å². The van der Waals surface area contributed by atoms with Gasteiger partial charge in [-0.2, -0.15) is 0 Å². The zero-order chi connectivity index (χ0) is 15.4. The van der Waals surface area contributed by atoms with Crippen molar-refractivity contribution in [3.63, 3.8) is 0 Å². The van der Waals surface area contributed by atoms with E-state index in [9.17, 15) is 9.59 Å². The number of carboxylic acids is 1. The van der Waals surface area contributed by atoms with Crippen LogP contribution in [0.25, 0.3) is 0 Å². The lowest BCUT2D eigenvalue weighted by Gasteiger charge is -2.12. The van der Waals surface area contributed by atoms with Crippen LogP contribution in [0.4, 0.5) is 0 Å². The molecule has 2 aromatic rings. The number of carbonyl (C=O) groups excluding carboxylic acids is 1. The highest BCUT2D eigenvalue weighted by Crippen LogP contribution is 2.33. The summed E-state index contributed by atoms with van der Waals surface area (Å²) in [6.07, 6.45) is 0. The third kappa shape index (κ3) is 3.11. The van der Waals surface area contributed by atoms with Crippen LogP contribution in [-0.2, 0) is 0 Å². The summed E-state index contributed by atoms with van der Waals surface area (Å²) >= 11 is 0. The molecule has 0 saturated carbocycles. The van der Waals surface area contributed by atoms with E-state index in [2.05, 4.69) is 0 Å². The van der Waals surface area contributed by atoms with E-state index < -0.39 is 11.9 Å². The number of methoxy groups -OCH3 is 1. The molecule has 2 rings (SSSR count). The number of primary amides is 1. The molecule has 0 aliphatic rings. The molecule has 0 unspecified atom stereocenters. The van der Waals surface area contributed by atoms with Gasteiger partial charge in [-0.3, -0.25) is 4.79 Å². The van der Waals surface area contributed by atoms with Crippen LogP contribution in [0.2, 0.25) is 0 Å². The van der Waals surface area contributed by atoms with E-state index in [0.29, 0.717) is 0 Å². The first-order valence-corrected chi connectivity index (χ1v) is 6.01. The number of carboxylic acid groups (broad SMARTS) is 1. The van der Waals surface area contributed by atoms with Crippen molar-refractivity contribution in [3.8, 4) is 17.2 Å². The highest BCUT2D eigenvalue weighted by atomic mass is 16.5. The summed E-state index contributed by atoms with van der Waals surface area (Å²) in [5.41, 5.74) is 5.49. The number of nitrogens with two attached hydrogens (primary N) is 1. The summed E-state index contributed by atoms with van der Waals surface area (Å²) in [5, 5.41) is 9.11. The van der Waals surface area contributed by atoms with Crippen LogP contribution in [0.15, 0.2) is 42.5 Å². The molecule has 6 nitrogen and oxygen atoms in total. The summed E-state index contributed by atoms with van der Waals surface area (Å²) in [6.45, 7) is 0. The van der Waals surface area contributed by atoms with Crippen molar-refractivity contribution in [1.82, 2.24) is 0 Å². The first-order valence-electron chi connectivity index (χ1n) is 6.01. The number of hydrogen-bond donors (Lipinski definition) is 2. The molecule has 0 spiro atoms. The van der Waals surface area contributed by atoms with Crippen molar-refractivity contribution in [2.45, 2.75) is 0 Å². The molecule has 0 bridgehead atoms. The van der Waals surface area contributed by atoms with Gasteiger partial charge >= 0.3 is 5.97 Å². The number of carbonyl (C=O) groups is 2. The first-order chi connectivity index (χ1) is 10.0. The lowest BCUT2D eigenvalue weighted by molar-refractivity contribution is 0.0694. The molecule has 0 fully saturated rings. The van der Waals surface area contributed by atoms with E-state index >= 15 is 0 Å². The standard InChI is InChI=1S/C15H13NO5/c1-20-13-8-9(14(16)17)6-7-12(13)21-11-5-3-2-4-10(11)15(18)19/h2-8H,1H3,(H2,16,17)(H,18,19). The topological polar surface area (TPSA) is 98.9 Å². The maximum Gasteiger partial charge on any atom is 0.339 e. The van der Waals surface area contributed by atoms with Crippen molar-refractivity contribution in [2.75, 3.05) is 7.11 Å². The van der Waals surface area contributed by atoms with Crippen molar-refractivity contribution < 1.29 is 24.2 Å². The van der Waals surface area contributed by atoms with Gasteiger partial charge in [0, 0.05) is 5.56 Å². The van der Waals surface area contributed by atoms with Gasteiger partial charge in [0.2, 0.25) is 5.91 Å². The number of aromatic carboxylic acids is 1. The van der Waals surface area contributed by atoms with Crippen LogP contribution < -0.4 is 15.2 Å². The number of amides is 1. The van der Waals surface area contributed by atoms with Gasteiger partial charge in [-0.25, -0.2) is 4.79 Å². The molecule has 3 N–H and O–H groups in total. The van der Waals surface area contributed by atoms with Gasteiger partial charge in [0.25, 0.3) is 0 Å². The minimum Gasteiger partial charge on any atom is -0.493 e. The number of hydrogen-bond acceptors (Lipinski definition) is 4. The van der Waals surface area contributed by atoms with Crippen molar-refractivity contribution in [3.05, 3.63) is 53.6 Å². The highest BCUT2D eigenvalue weighted by molar-refractivity contribution is 5.93. The molecule has 0 saturated heterocycles. The monoisotopic (exact) mass is 287 g/mol. The fourth-order valence-electron chi connectivity index (χ4n) is 1.76. The Kier molecular flexibility index (Phi) is 4.08. The summed E-state index contributed by atoms with van der Waals surface area (Å²) < 4.78 is 10.7. The molecule has 0 aliphatic carbocycles. The van der Waals surface area contributed by atoms with Crippen LogP contribution in [0.3, 0.4) is 0 Å². The van der Waals surface area contributed by atoms with E-state index in [1.807, 2.05) is 0 Å². The molecule has 2 aromatic carbocycles. The molecule has 0 heterocycles. The lowest BCUT2D eigenvalue weighted by Crippen LogP contribution is -2.11. The van der Waals surface area contributed by atoms with E-state index in [-0.39, 0.29) is 28.4 Å².